The van der Waals surface area contributed by atoms with Crippen LogP contribution >= 0.6 is 67.8 Å². The van der Waals surface area contributed by atoms with Crippen molar-refractivity contribution in [2.24, 2.45) is 0 Å². The molecule has 0 saturated carbocycles. The van der Waals surface area contributed by atoms with Crippen molar-refractivity contribution in [1.82, 2.24) is 0 Å². The zero-order valence-electron chi connectivity index (χ0n) is 8.23. The predicted molar refractivity (Wildman–Crippen MR) is 90.1 cm³/mol. The van der Waals surface area contributed by atoms with Gasteiger partial charge in [0, 0.05) is 21.0 Å². The fraction of sp³-hybridized carbons (Fsp3) is 0.300. The van der Waals surface area contributed by atoms with E-state index in [-0.39, 0.29) is 5.97 Å². The molecule has 85 valence electrons. The zero-order chi connectivity index (χ0) is 12.1. The van der Waals surface area contributed by atoms with Gasteiger partial charge in [-0.05, 0) is 86.3 Å². The van der Waals surface area contributed by atoms with E-state index in [4.69, 9.17) is 4.74 Å². The largest absolute Gasteiger partial charge is 0.462 e. The molecule has 0 heterocycles. The van der Waals surface area contributed by atoms with Gasteiger partial charge < -0.3 is 4.74 Å². The summed E-state index contributed by atoms with van der Waals surface area (Å²) in [5, 5.41) is 0. The van der Waals surface area contributed by atoms with Crippen molar-refractivity contribution in [3.05, 3.63) is 28.4 Å². The summed E-state index contributed by atoms with van der Waals surface area (Å²) in [6.45, 7) is 0.459. The van der Waals surface area contributed by atoms with Crippen molar-refractivity contribution in [3.8, 4) is 0 Å². The highest BCUT2D eigenvalue weighted by Gasteiger charge is 2.13. The molecule has 1 rings (SSSR count). The van der Waals surface area contributed by atoms with Crippen LogP contribution in [0.2, 0.25) is 6.04 Å². The van der Waals surface area contributed by atoms with Crippen LogP contribution < -0.4 is 0 Å². The molecule has 0 aliphatic rings. The summed E-state index contributed by atoms with van der Waals surface area (Å²) in [5.74, 6) is -0.237. The number of carbonyl (C=O) groups excluding carboxylic acids is 1. The van der Waals surface area contributed by atoms with E-state index in [1.165, 1.54) is 0 Å². The molecule has 16 heavy (non-hydrogen) atoms. The number of halogens is 3. The molecule has 0 bridgehead atoms. The van der Waals surface area contributed by atoms with Crippen molar-refractivity contribution in [3.63, 3.8) is 0 Å². The zero-order valence-corrected chi connectivity index (χ0v) is 15.7. The van der Waals surface area contributed by atoms with E-state index in [0.29, 0.717) is 12.2 Å². The summed E-state index contributed by atoms with van der Waals surface area (Å²) in [4.78, 5) is 11.8. The van der Waals surface area contributed by atoms with Crippen LogP contribution in [0.4, 0.5) is 0 Å². The summed E-state index contributed by atoms with van der Waals surface area (Å²) in [5.41, 5.74) is 0.652. The predicted octanol–water partition coefficient (Wildman–Crippen LogP) is 3.63. The highest BCUT2D eigenvalue weighted by molar-refractivity contribution is 14.1. The SMILES string of the molecule is O=C(OCCC[Si])c1cc(I)c(I)cc1I. The Labute approximate surface area is 139 Å². The van der Waals surface area contributed by atoms with Crippen LogP contribution in [0.5, 0.6) is 0 Å². The Morgan fingerprint density at radius 2 is 1.81 bits per heavy atom. The smallest absolute Gasteiger partial charge is 0.339 e. The van der Waals surface area contributed by atoms with Crippen LogP contribution in [0.15, 0.2) is 12.1 Å². The molecule has 0 unspecified atom stereocenters. The third-order valence-corrected chi connectivity index (χ3v) is 5.85. The number of benzene rings is 1. The van der Waals surface area contributed by atoms with Crippen LogP contribution in [0, 0.1) is 10.7 Å². The first-order valence-electron chi connectivity index (χ1n) is 4.52. The molecule has 1 aromatic rings. The highest BCUT2D eigenvalue weighted by atomic mass is 127. The lowest BCUT2D eigenvalue weighted by Crippen LogP contribution is -2.09. The Kier molecular flexibility index (Phi) is 7.12. The van der Waals surface area contributed by atoms with E-state index in [9.17, 15) is 4.79 Å². The fourth-order valence-electron chi connectivity index (χ4n) is 0.994. The topological polar surface area (TPSA) is 26.3 Å². The lowest BCUT2D eigenvalue weighted by molar-refractivity contribution is 0.0504. The minimum atomic E-state index is -0.237. The number of carbonyl (C=O) groups is 1. The summed E-state index contributed by atoms with van der Waals surface area (Å²) in [6, 6.07) is 4.71. The maximum atomic E-state index is 11.8. The van der Waals surface area contributed by atoms with Crippen LogP contribution in [0.25, 0.3) is 0 Å². The Balaban J connectivity index is 2.79. The third-order valence-electron chi connectivity index (χ3n) is 1.78. The monoisotopic (exact) mass is 569 g/mol. The molecule has 0 fully saturated rings. The molecule has 6 heteroatoms. The van der Waals surface area contributed by atoms with E-state index in [1.54, 1.807) is 0 Å². The number of hydrogen-bond acceptors (Lipinski definition) is 2. The van der Waals surface area contributed by atoms with Crippen molar-refractivity contribution in [2.75, 3.05) is 6.61 Å². The summed E-state index contributed by atoms with van der Waals surface area (Å²) < 4.78 is 8.33. The molecule has 0 aliphatic heterocycles. The Morgan fingerprint density at radius 3 is 2.44 bits per heavy atom. The van der Waals surface area contributed by atoms with Gasteiger partial charge in [-0.1, -0.05) is 6.04 Å². The molecule has 0 aromatic heterocycles. The van der Waals surface area contributed by atoms with Crippen LogP contribution in [0.1, 0.15) is 16.8 Å². The van der Waals surface area contributed by atoms with Crippen LogP contribution in [-0.2, 0) is 4.74 Å². The molecule has 1 aromatic carbocycles. The van der Waals surface area contributed by atoms with Crippen molar-refractivity contribution >= 4 is 84.0 Å². The first-order valence-corrected chi connectivity index (χ1v) is 8.47. The maximum Gasteiger partial charge on any atom is 0.339 e. The van der Waals surface area contributed by atoms with Gasteiger partial charge in [0.15, 0.2) is 0 Å². The molecular weight excluding hydrogens is 561 g/mol. The standard InChI is InChI=1S/C10H8I3O2Si/c11-7-5-9(13)8(12)4-6(7)10(14)15-2-1-3-16/h4-5H,1-3H2. The van der Waals surface area contributed by atoms with Gasteiger partial charge in [-0.2, -0.15) is 0 Å². The van der Waals surface area contributed by atoms with Gasteiger partial charge in [0.05, 0.1) is 12.2 Å². The average Bonchev–Trinajstić information content (AvgIpc) is 2.23. The molecule has 0 aliphatic carbocycles. The van der Waals surface area contributed by atoms with Gasteiger partial charge in [-0.25, -0.2) is 4.79 Å². The van der Waals surface area contributed by atoms with E-state index in [0.717, 1.165) is 23.2 Å². The Morgan fingerprint density at radius 1 is 1.19 bits per heavy atom. The summed E-state index contributed by atoms with van der Waals surface area (Å²) in [7, 11) is 3.34. The van der Waals surface area contributed by atoms with Gasteiger partial charge in [0.25, 0.3) is 0 Å². The van der Waals surface area contributed by atoms with Gasteiger partial charge in [-0.15, -0.1) is 0 Å². The summed E-state index contributed by atoms with van der Waals surface area (Å²) in [6.07, 6.45) is 0.834. The highest BCUT2D eigenvalue weighted by Crippen LogP contribution is 2.22. The lowest BCUT2D eigenvalue weighted by atomic mass is 10.2. The first-order chi connectivity index (χ1) is 7.56. The average molecular weight is 569 g/mol. The van der Waals surface area contributed by atoms with Gasteiger partial charge in [0.2, 0.25) is 0 Å². The minimum absolute atomic E-state index is 0.237. The quantitative estimate of drug-likeness (QED) is 0.182. The van der Waals surface area contributed by atoms with E-state index in [1.807, 2.05) is 12.1 Å². The second-order valence-electron chi connectivity index (χ2n) is 2.99. The minimum Gasteiger partial charge on any atom is -0.462 e. The van der Waals surface area contributed by atoms with Gasteiger partial charge >= 0.3 is 5.97 Å². The normalized spacial score (nSPS) is 10.2. The van der Waals surface area contributed by atoms with Crippen LogP contribution in [-0.4, -0.2) is 22.8 Å². The van der Waals surface area contributed by atoms with Crippen molar-refractivity contribution in [2.45, 2.75) is 12.5 Å². The molecule has 0 spiro atoms. The molecule has 2 nitrogen and oxygen atoms in total. The van der Waals surface area contributed by atoms with Crippen LogP contribution in [0.3, 0.4) is 0 Å². The summed E-state index contributed by atoms with van der Waals surface area (Å²) >= 11 is 6.63. The molecular formula is C10H8I3O2Si. The number of esters is 1. The molecule has 3 radical (unpaired) electrons. The molecule has 0 N–H and O–H groups in total. The second kappa shape index (κ2) is 7.51. The van der Waals surface area contributed by atoms with E-state index in [2.05, 4.69) is 78.0 Å². The Hall–Kier alpha value is 1.10. The molecule has 0 saturated heterocycles. The number of rotatable bonds is 4. The van der Waals surface area contributed by atoms with Gasteiger partial charge in [-0.3, -0.25) is 0 Å². The number of hydrogen-bond donors (Lipinski definition) is 0. The molecule has 0 amide bonds. The van der Waals surface area contributed by atoms with Crippen molar-refractivity contribution in [1.29, 1.82) is 0 Å². The Bertz CT molecular complexity index is 396. The number of ether oxygens (including phenoxy) is 1. The molecule has 0 atom stereocenters. The fourth-order valence-corrected chi connectivity index (χ4v) is 3.36. The van der Waals surface area contributed by atoms with Crippen molar-refractivity contribution < 1.29 is 9.53 Å². The van der Waals surface area contributed by atoms with E-state index >= 15 is 0 Å². The lowest BCUT2D eigenvalue weighted by Gasteiger charge is -2.07. The first kappa shape index (κ1) is 15.2. The second-order valence-corrected chi connectivity index (χ2v) is 6.97. The maximum absolute atomic E-state index is 11.8. The third kappa shape index (κ3) is 4.41. The van der Waals surface area contributed by atoms with E-state index < -0.39 is 0 Å². The van der Waals surface area contributed by atoms with Gasteiger partial charge in [0.1, 0.15) is 0 Å².